The highest BCUT2D eigenvalue weighted by Gasteiger charge is 2.11. The van der Waals surface area contributed by atoms with Gasteiger partial charge in [-0.3, -0.25) is 0 Å². The monoisotopic (exact) mass is 259 g/mol. The molecule has 1 N–H and O–H groups in total. The van der Waals surface area contributed by atoms with Crippen LogP contribution in [0.15, 0.2) is 36.4 Å². The van der Waals surface area contributed by atoms with Crippen molar-refractivity contribution in [2.45, 2.75) is 32.7 Å². The molecule has 0 aliphatic carbocycles. The third-order valence-corrected chi connectivity index (χ3v) is 4.37. The number of benzene rings is 1. The zero-order valence-corrected chi connectivity index (χ0v) is 12.2. The van der Waals surface area contributed by atoms with Crippen LogP contribution in [0.2, 0.25) is 0 Å². The van der Waals surface area contributed by atoms with Gasteiger partial charge in [0.2, 0.25) is 0 Å². The summed E-state index contributed by atoms with van der Waals surface area (Å²) in [5.41, 5.74) is 2.78. The van der Waals surface area contributed by atoms with Gasteiger partial charge >= 0.3 is 0 Å². The molecule has 0 saturated carbocycles. The van der Waals surface area contributed by atoms with Crippen molar-refractivity contribution in [2.24, 2.45) is 0 Å². The number of nitrogens with one attached hydrogen (secondary N) is 1. The van der Waals surface area contributed by atoms with Crippen LogP contribution in [-0.2, 0) is 6.42 Å². The molecule has 0 radical (unpaired) electrons. The molecule has 0 saturated heterocycles. The largest absolute Gasteiger partial charge is 0.312 e. The van der Waals surface area contributed by atoms with Gasteiger partial charge in [-0.15, -0.1) is 11.3 Å². The number of rotatable bonds is 5. The molecule has 96 valence electrons. The van der Waals surface area contributed by atoms with Gasteiger partial charge in [0.15, 0.2) is 0 Å². The van der Waals surface area contributed by atoms with Gasteiger partial charge in [0, 0.05) is 15.8 Å². The summed E-state index contributed by atoms with van der Waals surface area (Å²) in [4.78, 5) is 2.84. The Morgan fingerprint density at radius 3 is 2.61 bits per heavy atom. The Morgan fingerprint density at radius 1 is 1.17 bits per heavy atom. The van der Waals surface area contributed by atoms with E-state index in [0.29, 0.717) is 6.04 Å². The first-order chi connectivity index (χ1) is 8.69. The lowest BCUT2D eigenvalue weighted by Crippen LogP contribution is -2.15. The molecule has 2 heteroatoms. The highest BCUT2D eigenvalue weighted by atomic mass is 32.1. The van der Waals surface area contributed by atoms with Crippen molar-refractivity contribution in [3.05, 3.63) is 57.3 Å². The van der Waals surface area contributed by atoms with Crippen LogP contribution in [0, 0.1) is 13.8 Å². The third kappa shape index (κ3) is 3.44. The van der Waals surface area contributed by atoms with Crippen molar-refractivity contribution in [2.75, 3.05) is 7.05 Å². The second kappa shape index (κ2) is 6.17. The predicted molar refractivity (Wildman–Crippen MR) is 80.4 cm³/mol. The van der Waals surface area contributed by atoms with E-state index in [1.807, 2.05) is 11.3 Å². The maximum absolute atomic E-state index is 3.43. The fourth-order valence-electron chi connectivity index (χ4n) is 2.25. The smallest absolute Gasteiger partial charge is 0.0415 e. The van der Waals surface area contributed by atoms with E-state index in [0.717, 1.165) is 12.8 Å². The van der Waals surface area contributed by atoms with Crippen molar-refractivity contribution in [3.63, 3.8) is 0 Å². The Morgan fingerprint density at radius 2 is 2.00 bits per heavy atom. The van der Waals surface area contributed by atoms with Crippen molar-refractivity contribution in [3.8, 4) is 0 Å². The molecule has 0 amide bonds. The molecule has 0 bridgehead atoms. The molecule has 0 fully saturated rings. The molecule has 1 aromatic heterocycles. The molecule has 0 aliphatic rings. The van der Waals surface area contributed by atoms with E-state index in [9.17, 15) is 0 Å². The summed E-state index contributed by atoms with van der Waals surface area (Å²) >= 11 is 1.90. The molecule has 2 rings (SSSR count). The minimum absolute atomic E-state index is 0.476. The maximum atomic E-state index is 3.43. The van der Waals surface area contributed by atoms with Gasteiger partial charge in [0.25, 0.3) is 0 Å². The van der Waals surface area contributed by atoms with Gasteiger partial charge < -0.3 is 5.32 Å². The van der Waals surface area contributed by atoms with Crippen LogP contribution in [-0.4, -0.2) is 7.05 Å². The van der Waals surface area contributed by atoms with Gasteiger partial charge in [-0.2, -0.15) is 0 Å². The zero-order valence-electron chi connectivity index (χ0n) is 11.4. The van der Waals surface area contributed by atoms with Gasteiger partial charge in [-0.05, 0) is 51.4 Å². The molecular formula is C16H21NS. The standard InChI is InChI=1S/C16H21NS/c1-12-5-4-6-14(11-12)8-9-15(17-3)16-10-7-13(2)18-16/h4-7,10-11,15,17H,8-9H2,1-3H3. The molecule has 18 heavy (non-hydrogen) atoms. The Balaban J connectivity index is 1.99. The first-order valence-electron chi connectivity index (χ1n) is 6.48. The Kier molecular flexibility index (Phi) is 4.56. The van der Waals surface area contributed by atoms with E-state index in [1.165, 1.54) is 20.9 Å². The summed E-state index contributed by atoms with van der Waals surface area (Å²) in [7, 11) is 2.05. The summed E-state index contributed by atoms with van der Waals surface area (Å²) in [6.45, 7) is 4.32. The van der Waals surface area contributed by atoms with Crippen molar-refractivity contribution in [1.29, 1.82) is 0 Å². The van der Waals surface area contributed by atoms with Crippen LogP contribution < -0.4 is 5.32 Å². The minimum atomic E-state index is 0.476. The zero-order chi connectivity index (χ0) is 13.0. The average Bonchev–Trinajstić information content (AvgIpc) is 2.77. The Bertz CT molecular complexity index is 501. The molecule has 1 atom stereocenters. The van der Waals surface area contributed by atoms with Crippen LogP contribution in [0.5, 0.6) is 0 Å². The van der Waals surface area contributed by atoms with Crippen LogP contribution >= 0.6 is 11.3 Å². The van der Waals surface area contributed by atoms with E-state index in [-0.39, 0.29) is 0 Å². The number of thiophene rings is 1. The van der Waals surface area contributed by atoms with Crippen LogP contribution in [0.1, 0.15) is 33.3 Å². The SMILES string of the molecule is CNC(CCc1cccc(C)c1)c1ccc(C)s1. The molecule has 2 aromatic rings. The fraction of sp³-hybridized carbons (Fsp3) is 0.375. The summed E-state index contributed by atoms with van der Waals surface area (Å²) in [5.74, 6) is 0. The second-order valence-corrected chi connectivity index (χ2v) is 6.14. The van der Waals surface area contributed by atoms with Gasteiger partial charge in [-0.1, -0.05) is 29.8 Å². The molecule has 1 unspecified atom stereocenters. The van der Waals surface area contributed by atoms with Gasteiger partial charge in [-0.25, -0.2) is 0 Å². The van der Waals surface area contributed by atoms with E-state index in [2.05, 4.69) is 62.6 Å². The topological polar surface area (TPSA) is 12.0 Å². The maximum Gasteiger partial charge on any atom is 0.0415 e. The number of hydrogen-bond donors (Lipinski definition) is 1. The molecule has 1 nitrogen and oxygen atoms in total. The van der Waals surface area contributed by atoms with Crippen LogP contribution in [0.3, 0.4) is 0 Å². The van der Waals surface area contributed by atoms with E-state index in [1.54, 1.807) is 0 Å². The Labute approximate surface area is 114 Å². The van der Waals surface area contributed by atoms with Crippen molar-refractivity contribution in [1.82, 2.24) is 5.32 Å². The summed E-state index contributed by atoms with van der Waals surface area (Å²) in [6.07, 6.45) is 2.28. The quantitative estimate of drug-likeness (QED) is 0.846. The highest BCUT2D eigenvalue weighted by molar-refractivity contribution is 7.12. The van der Waals surface area contributed by atoms with E-state index in [4.69, 9.17) is 0 Å². The normalized spacial score (nSPS) is 12.6. The molecule has 1 heterocycles. The molecular weight excluding hydrogens is 238 g/mol. The second-order valence-electron chi connectivity index (χ2n) is 4.82. The summed E-state index contributed by atoms with van der Waals surface area (Å²) in [5, 5.41) is 3.43. The van der Waals surface area contributed by atoms with Gasteiger partial charge in [0.05, 0.1) is 0 Å². The minimum Gasteiger partial charge on any atom is -0.312 e. The lowest BCUT2D eigenvalue weighted by molar-refractivity contribution is 0.558. The molecule has 1 aromatic carbocycles. The summed E-state index contributed by atoms with van der Waals surface area (Å²) < 4.78 is 0. The highest BCUT2D eigenvalue weighted by Crippen LogP contribution is 2.26. The predicted octanol–water partition coefficient (Wildman–Crippen LogP) is 4.26. The fourth-order valence-corrected chi connectivity index (χ4v) is 3.27. The van der Waals surface area contributed by atoms with Crippen molar-refractivity contribution >= 4 is 11.3 Å². The first kappa shape index (κ1) is 13.3. The Hall–Kier alpha value is -1.12. The number of hydrogen-bond acceptors (Lipinski definition) is 2. The molecule has 0 spiro atoms. The number of aryl methyl sites for hydroxylation is 3. The first-order valence-corrected chi connectivity index (χ1v) is 7.30. The van der Waals surface area contributed by atoms with E-state index < -0.39 is 0 Å². The third-order valence-electron chi connectivity index (χ3n) is 3.26. The lowest BCUT2D eigenvalue weighted by atomic mass is 10.0. The average molecular weight is 259 g/mol. The molecule has 0 aliphatic heterocycles. The van der Waals surface area contributed by atoms with Crippen LogP contribution in [0.4, 0.5) is 0 Å². The summed E-state index contributed by atoms with van der Waals surface area (Å²) in [6, 6.07) is 13.7. The van der Waals surface area contributed by atoms with Crippen LogP contribution in [0.25, 0.3) is 0 Å². The van der Waals surface area contributed by atoms with Crippen molar-refractivity contribution < 1.29 is 0 Å². The lowest BCUT2D eigenvalue weighted by Gasteiger charge is -2.14. The van der Waals surface area contributed by atoms with E-state index >= 15 is 0 Å². The van der Waals surface area contributed by atoms with Gasteiger partial charge in [0.1, 0.15) is 0 Å².